The minimum Gasteiger partial charge on any atom is -0.354 e. The van der Waals surface area contributed by atoms with Gasteiger partial charge in [0, 0.05) is 31.2 Å². The van der Waals surface area contributed by atoms with Crippen LogP contribution in [0.2, 0.25) is 0 Å². The summed E-state index contributed by atoms with van der Waals surface area (Å²) in [5, 5.41) is 1.97. The lowest BCUT2D eigenvalue weighted by Crippen LogP contribution is -2.28. The van der Waals surface area contributed by atoms with Gasteiger partial charge in [-0.15, -0.1) is 11.3 Å². The topological polar surface area (TPSA) is 80.7 Å². The Labute approximate surface area is 115 Å². The molecule has 1 saturated heterocycles. The zero-order chi connectivity index (χ0) is 13.5. The molecule has 0 spiro atoms. The molecule has 104 valence electrons. The van der Waals surface area contributed by atoms with Crippen LogP contribution in [0.15, 0.2) is 11.6 Å². The maximum atomic E-state index is 11.6. The summed E-state index contributed by atoms with van der Waals surface area (Å²) in [5.74, 6) is 1.30. The van der Waals surface area contributed by atoms with Crippen LogP contribution in [-0.2, 0) is 16.4 Å². The monoisotopic (exact) mass is 300 g/mol. The molecule has 6 nitrogen and oxygen atoms in total. The minimum absolute atomic E-state index is 0.197. The standard InChI is InChI=1S/C11H16N4O2S2/c12-8-9-10(13-11-15(9)3-5-18-11)14-2-1-6-19(16,17)7-4-14/h3,5H,1-2,4,6-8,12H2. The zero-order valence-electron chi connectivity index (χ0n) is 10.4. The number of hydrogen-bond acceptors (Lipinski definition) is 6. The average molecular weight is 300 g/mol. The second-order valence-corrected chi connectivity index (χ2v) is 7.81. The van der Waals surface area contributed by atoms with Crippen molar-refractivity contribution in [1.82, 2.24) is 9.38 Å². The van der Waals surface area contributed by atoms with Crippen LogP contribution < -0.4 is 10.6 Å². The van der Waals surface area contributed by atoms with Crippen LogP contribution in [0.3, 0.4) is 0 Å². The van der Waals surface area contributed by atoms with Crippen molar-refractivity contribution < 1.29 is 8.42 Å². The predicted molar refractivity (Wildman–Crippen MR) is 76.4 cm³/mol. The molecule has 0 unspecified atom stereocenters. The summed E-state index contributed by atoms with van der Waals surface area (Å²) in [4.78, 5) is 7.54. The Hall–Kier alpha value is -1.12. The molecule has 2 N–H and O–H groups in total. The van der Waals surface area contributed by atoms with Crippen LogP contribution in [-0.4, -0.2) is 42.4 Å². The molecule has 1 aliphatic heterocycles. The Balaban J connectivity index is 1.97. The van der Waals surface area contributed by atoms with E-state index < -0.39 is 9.84 Å². The lowest BCUT2D eigenvalue weighted by Gasteiger charge is -2.20. The highest BCUT2D eigenvalue weighted by atomic mass is 32.2. The molecule has 2 aromatic rings. The number of nitrogens with two attached hydrogens (primary N) is 1. The van der Waals surface area contributed by atoms with E-state index >= 15 is 0 Å². The van der Waals surface area contributed by atoms with E-state index in [9.17, 15) is 8.42 Å². The van der Waals surface area contributed by atoms with Crippen LogP contribution in [0.25, 0.3) is 4.96 Å². The molecule has 1 aliphatic rings. The molecule has 0 saturated carbocycles. The van der Waals surface area contributed by atoms with Gasteiger partial charge in [0.1, 0.15) is 0 Å². The summed E-state index contributed by atoms with van der Waals surface area (Å²) in [6.07, 6.45) is 2.60. The highest BCUT2D eigenvalue weighted by molar-refractivity contribution is 7.91. The zero-order valence-corrected chi connectivity index (χ0v) is 12.1. The molecule has 0 radical (unpaired) electrons. The van der Waals surface area contributed by atoms with Crippen molar-refractivity contribution in [1.29, 1.82) is 0 Å². The smallest absolute Gasteiger partial charge is 0.195 e. The predicted octanol–water partition coefficient (Wildman–Crippen LogP) is 0.479. The van der Waals surface area contributed by atoms with E-state index in [1.165, 1.54) is 0 Å². The lowest BCUT2D eigenvalue weighted by atomic mass is 10.3. The van der Waals surface area contributed by atoms with Gasteiger partial charge in [-0.25, -0.2) is 13.4 Å². The van der Waals surface area contributed by atoms with Crippen LogP contribution in [0.4, 0.5) is 5.82 Å². The molecule has 8 heteroatoms. The van der Waals surface area contributed by atoms with Gasteiger partial charge in [-0.1, -0.05) is 0 Å². The molecule has 0 amide bonds. The fourth-order valence-corrected chi connectivity index (χ4v) is 4.41. The minimum atomic E-state index is -2.90. The van der Waals surface area contributed by atoms with Crippen molar-refractivity contribution in [3.63, 3.8) is 0 Å². The summed E-state index contributed by atoms with van der Waals surface area (Å²) >= 11 is 1.56. The summed E-state index contributed by atoms with van der Waals surface area (Å²) < 4.78 is 25.3. The number of hydrogen-bond donors (Lipinski definition) is 1. The quantitative estimate of drug-likeness (QED) is 0.872. The molecule has 0 atom stereocenters. The highest BCUT2D eigenvalue weighted by Crippen LogP contribution is 2.25. The first-order chi connectivity index (χ1) is 9.11. The molecule has 3 heterocycles. The number of nitrogens with zero attached hydrogens (tertiary/aromatic N) is 3. The van der Waals surface area contributed by atoms with Crippen molar-refractivity contribution in [3.8, 4) is 0 Å². The third kappa shape index (κ3) is 2.35. The SMILES string of the molecule is NCc1c(N2CCCS(=O)(=O)CC2)nc2sccn12. The maximum Gasteiger partial charge on any atom is 0.195 e. The fraction of sp³-hybridized carbons (Fsp3) is 0.545. The molecule has 19 heavy (non-hydrogen) atoms. The summed E-state index contributed by atoms with van der Waals surface area (Å²) in [6, 6.07) is 0. The molecular formula is C11H16N4O2S2. The lowest BCUT2D eigenvalue weighted by molar-refractivity contribution is 0.597. The first-order valence-corrected chi connectivity index (χ1v) is 8.91. The molecule has 0 aromatic carbocycles. The number of aromatic nitrogens is 2. The van der Waals surface area contributed by atoms with Gasteiger partial charge >= 0.3 is 0 Å². The maximum absolute atomic E-state index is 11.6. The Morgan fingerprint density at radius 2 is 2.21 bits per heavy atom. The average Bonchev–Trinajstić information content (AvgIpc) is 2.88. The second kappa shape index (κ2) is 4.77. The van der Waals surface area contributed by atoms with Crippen LogP contribution >= 0.6 is 11.3 Å². The van der Waals surface area contributed by atoms with Crippen LogP contribution in [0.5, 0.6) is 0 Å². The van der Waals surface area contributed by atoms with Gasteiger partial charge in [0.2, 0.25) is 0 Å². The molecule has 2 aromatic heterocycles. The third-order valence-corrected chi connectivity index (χ3v) is 5.86. The number of rotatable bonds is 2. The van der Waals surface area contributed by atoms with Gasteiger partial charge in [-0.3, -0.25) is 4.40 Å². The molecule has 0 bridgehead atoms. The first-order valence-electron chi connectivity index (χ1n) is 6.20. The molecule has 0 aliphatic carbocycles. The van der Waals surface area contributed by atoms with Gasteiger partial charge in [0.25, 0.3) is 0 Å². The third-order valence-electron chi connectivity index (χ3n) is 3.39. The largest absolute Gasteiger partial charge is 0.354 e. The molecule has 1 fully saturated rings. The Bertz CT molecular complexity index is 689. The number of sulfone groups is 1. The van der Waals surface area contributed by atoms with Gasteiger partial charge in [-0.05, 0) is 6.42 Å². The van der Waals surface area contributed by atoms with Crippen LogP contribution in [0.1, 0.15) is 12.1 Å². The van der Waals surface area contributed by atoms with Gasteiger partial charge in [0.15, 0.2) is 20.6 Å². The number of anilines is 1. The first kappa shape index (κ1) is 12.9. The normalized spacial score (nSPS) is 19.7. The van der Waals surface area contributed by atoms with E-state index in [1.807, 2.05) is 20.9 Å². The second-order valence-electron chi connectivity index (χ2n) is 4.63. The van der Waals surface area contributed by atoms with E-state index in [1.54, 1.807) is 11.3 Å². The Morgan fingerprint density at radius 3 is 3.00 bits per heavy atom. The van der Waals surface area contributed by atoms with E-state index in [0.717, 1.165) is 23.0 Å². The van der Waals surface area contributed by atoms with Gasteiger partial charge in [-0.2, -0.15) is 0 Å². The van der Waals surface area contributed by atoms with E-state index in [2.05, 4.69) is 4.98 Å². The van der Waals surface area contributed by atoms with Crippen molar-refractivity contribution in [2.24, 2.45) is 5.73 Å². The van der Waals surface area contributed by atoms with Crippen LogP contribution in [0, 0.1) is 0 Å². The van der Waals surface area contributed by atoms with E-state index in [-0.39, 0.29) is 11.5 Å². The Morgan fingerprint density at radius 1 is 1.37 bits per heavy atom. The Kier molecular flexibility index (Phi) is 3.23. The highest BCUT2D eigenvalue weighted by Gasteiger charge is 2.23. The van der Waals surface area contributed by atoms with E-state index in [0.29, 0.717) is 19.5 Å². The number of thiazole rings is 1. The molecule has 3 rings (SSSR count). The molecular weight excluding hydrogens is 284 g/mol. The summed E-state index contributed by atoms with van der Waals surface area (Å²) in [7, 11) is -2.90. The van der Waals surface area contributed by atoms with Crippen molar-refractivity contribution in [3.05, 3.63) is 17.3 Å². The van der Waals surface area contributed by atoms with Crippen molar-refractivity contribution >= 4 is 32.0 Å². The van der Waals surface area contributed by atoms with Crippen molar-refractivity contribution in [2.75, 3.05) is 29.5 Å². The van der Waals surface area contributed by atoms with Crippen molar-refractivity contribution in [2.45, 2.75) is 13.0 Å². The summed E-state index contributed by atoms with van der Waals surface area (Å²) in [6.45, 7) is 1.62. The number of fused-ring (bicyclic) bond motifs is 1. The fourth-order valence-electron chi connectivity index (χ4n) is 2.41. The van der Waals surface area contributed by atoms with Gasteiger partial charge in [0.05, 0.1) is 17.2 Å². The summed E-state index contributed by atoms with van der Waals surface area (Å²) in [5.41, 5.74) is 6.77. The van der Waals surface area contributed by atoms with E-state index in [4.69, 9.17) is 5.73 Å². The van der Waals surface area contributed by atoms with Gasteiger partial charge < -0.3 is 10.6 Å². The number of imidazole rings is 1.